The molecule has 2 nitrogen and oxygen atoms in total. The Hall–Kier alpha value is -0.0800. The molecule has 2 heteroatoms. The van der Waals surface area contributed by atoms with Gasteiger partial charge in [0.15, 0.2) is 0 Å². The summed E-state index contributed by atoms with van der Waals surface area (Å²) in [6.45, 7) is 18.9. The Labute approximate surface area is 141 Å². The Bertz CT molecular complexity index is 187. The Morgan fingerprint density at radius 3 is 1.05 bits per heavy atom. The summed E-state index contributed by atoms with van der Waals surface area (Å²) in [5.41, 5.74) is 0.0957. The summed E-state index contributed by atoms with van der Waals surface area (Å²) >= 11 is 0. The molecule has 0 aromatic rings. The van der Waals surface area contributed by atoms with Gasteiger partial charge < -0.3 is 9.47 Å². The molecule has 0 rings (SSSR count). The van der Waals surface area contributed by atoms with E-state index in [1.54, 1.807) is 0 Å². The predicted octanol–water partition coefficient (Wildman–Crippen LogP) is 6.76. The van der Waals surface area contributed by atoms with Crippen LogP contribution in [0.1, 0.15) is 107 Å². The van der Waals surface area contributed by atoms with Crippen molar-refractivity contribution in [2.45, 2.75) is 118 Å². The largest absolute Gasteiger partial charge is 0.376 e. The first kappa shape index (κ1) is 24.2. The van der Waals surface area contributed by atoms with Gasteiger partial charge in [-0.25, -0.2) is 0 Å². The van der Waals surface area contributed by atoms with Gasteiger partial charge in [-0.1, -0.05) is 52.4 Å². The molecule has 0 N–H and O–H groups in total. The minimum absolute atomic E-state index is 0.0478. The molecule has 0 bridgehead atoms. The Morgan fingerprint density at radius 2 is 0.818 bits per heavy atom. The second-order valence-electron chi connectivity index (χ2n) is 8.04. The van der Waals surface area contributed by atoms with Gasteiger partial charge in [-0.2, -0.15) is 0 Å². The predicted molar refractivity (Wildman–Crippen MR) is 99.7 cm³/mol. The van der Waals surface area contributed by atoms with Gasteiger partial charge >= 0.3 is 0 Å². The molecule has 0 fully saturated rings. The Balaban J connectivity index is 0. The minimum Gasteiger partial charge on any atom is -0.376 e. The number of rotatable bonds is 10. The number of unbranched alkanes of at least 4 members (excludes halogenated alkanes) is 6. The van der Waals surface area contributed by atoms with Crippen LogP contribution in [0.3, 0.4) is 0 Å². The molecule has 0 aliphatic heterocycles. The van der Waals surface area contributed by atoms with Gasteiger partial charge in [0.25, 0.3) is 0 Å². The van der Waals surface area contributed by atoms with E-state index in [0.717, 1.165) is 13.2 Å². The maximum atomic E-state index is 5.58. The highest BCUT2D eigenvalue weighted by Gasteiger charge is 2.09. The van der Waals surface area contributed by atoms with Gasteiger partial charge in [-0.05, 0) is 54.4 Å². The van der Waals surface area contributed by atoms with Gasteiger partial charge in [0.05, 0.1) is 11.2 Å². The molecular formula is C20H44O2. The van der Waals surface area contributed by atoms with E-state index < -0.39 is 0 Å². The summed E-state index contributed by atoms with van der Waals surface area (Å²) < 4.78 is 11.2. The lowest BCUT2D eigenvalue weighted by atomic mass is 10.2. The fourth-order valence-corrected chi connectivity index (χ4v) is 1.81. The van der Waals surface area contributed by atoms with Crippen LogP contribution in [-0.2, 0) is 9.47 Å². The zero-order chi connectivity index (χ0) is 17.5. The normalized spacial score (nSPS) is 12.0. The van der Waals surface area contributed by atoms with Gasteiger partial charge in [0.2, 0.25) is 0 Å². The molecule has 0 atom stereocenters. The second-order valence-corrected chi connectivity index (χ2v) is 8.04. The van der Waals surface area contributed by atoms with E-state index in [-0.39, 0.29) is 11.2 Å². The molecule has 0 aromatic heterocycles. The lowest BCUT2D eigenvalue weighted by molar-refractivity contribution is -0.00508. The van der Waals surface area contributed by atoms with Crippen molar-refractivity contribution in [1.82, 2.24) is 0 Å². The van der Waals surface area contributed by atoms with Crippen LogP contribution < -0.4 is 0 Å². The number of hydrogen-bond donors (Lipinski definition) is 0. The van der Waals surface area contributed by atoms with Crippen LogP contribution in [0.2, 0.25) is 0 Å². The summed E-state index contributed by atoms with van der Waals surface area (Å²) in [5, 5.41) is 0. The third-order valence-electron chi connectivity index (χ3n) is 3.07. The van der Waals surface area contributed by atoms with Gasteiger partial charge in [0, 0.05) is 13.2 Å². The van der Waals surface area contributed by atoms with E-state index in [1.165, 1.54) is 51.4 Å². The SMILES string of the molecule is CCCCCCOC(C)(C)C.CCCCCCOC(C)(C)C. The summed E-state index contributed by atoms with van der Waals surface area (Å²) in [5.74, 6) is 0. The maximum absolute atomic E-state index is 5.58. The summed E-state index contributed by atoms with van der Waals surface area (Å²) in [4.78, 5) is 0. The average Bonchev–Trinajstić information content (AvgIpc) is 2.36. The van der Waals surface area contributed by atoms with Gasteiger partial charge in [0.1, 0.15) is 0 Å². The molecular weight excluding hydrogens is 272 g/mol. The van der Waals surface area contributed by atoms with Crippen molar-refractivity contribution < 1.29 is 9.47 Å². The van der Waals surface area contributed by atoms with E-state index in [1.807, 2.05) is 0 Å². The lowest BCUT2D eigenvalue weighted by Crippen LogP contribution is -2.19. The number of ether oxygens (including phenoxy) is 2. The molecule has 0 amide bonds. The second kappa shape index (κ2) is 14.5. The average molecular weight is 317 g/mol. The molecule has 0 aliphatic carbocycles. The standard InChI is InChI=1S/2C10H22O/c2*1-5-6-7-8-9-11-10(2,3)4/h2*5-9H2,1-4H3. The van der Waals surface area contributed by atoms with Crippen LogP contribution >= 0.6 is 0 Å². The molecule has 0 radical (unpaired) electrons. The lowest BCUT2D eigenvalue weighted by Gasteiger charge is -2.19. The third kappa shape index (κ3) is 28.1. The highest BCUT2D eigenvalue weighted by molar-refractivity contribution is 4.58. The van der Waals surface area contributed by atoms with E-state index >= 15 is 0 Å². The molecule has 0 saturated carbocycles. The van der Waals surface area contributed by atoms with Gasteiger partial charge in [-0.3, -0.25) is 0 Å². The zero-order valence-corrected chi connectivity index (χ0v) is 16.9. The molecule has 0 heterocycles. The monoisotopic (exact) mass is 316 g/mol. The van der Waals surface area contributed by atoms with E-state index in [4.69, 9.17) is 9.47 Å². The first-order valence-electron chi connectivity index (χ1n) is 9.40. The molecule has 136 valence electrons. The van der Waals surface area contributed by atoms with Crippen LogP contribution in [-0.4, -0.2) is 24.4 Å². The summed E-state index contributed by atoms with van der Waals surface area (Å²) in [7, 11) is 0. The van der Waals surface area contributed by atoms with Crippen LogP contribution in [0.15, 0.2) is 0 Å². The van der Waals surface area contributed by atoms with Crippen molar-refractivity contribution in [3.8, 4) is 0 Å². The first-order valence-corrected chi connectivity index (χ1v) is 9.40. The van der Waals surface area contributed by atoms with E-state index in [9.17, 15) is 0 Å². The fraction of sp³-hybridized carbons (Fsp3) is 1.00. The van der Waals surface area contributed by atoms with Gasteiger partial charge in [-0.15, -0.1) is 0 Å². The van der Waals surface area contributed by atoms with E-state index in [2.05, 4.69) is 55.4 Å². The highest BCUT2D eigenvalue weighted by atomic mass is 16.5. The summed E-state index contributed by atoms with van der Waals surface area (Å²) in [6, 6.07) is 0. The van der Waals surface area contributed by atoms with Crippen molar-refractivity contribution in [2.24, 2.45) is 0 Å². The molecule has 0 aromatic carbocycles. The Morgan fingerprint density at radius 1 is 0.500 bits per heavy atom. The van der Waals surface area contributed by atoms with E-state index in [0.29, 0.717) is 0 Å². The molecule has 22 heavy (non-hydrogen) atoms. The molecule has 0 unspecified atom stereocenters. The van der Waals surface area contributed by atoms with Crippen LogP contribution in [0.5, 0.6) is 0 Å². The van der Waals surface area contributed by atoms with Crippen LogP contribution in [0.4, 0.5) is 0 Å². The topological polar surface area (TPSA) is 18.5 Å². The van der Waals surface area contributed by atoms with Crippen molar-refractivity contribution in [3.63, 3.8) is 0 Å². The van der Waals surface area contributed by atoms with Crippen LogP contribution in [0.25, 0.3) is 0 Å². The smallest absolute Gasteiger partial charge is 0.0598 e. The zero-order valence-electron chi connectivity index (χ0n) is 16.9. The fourth-order valence-electron chi connectivity index (χ4n) is 1.81. The molecule has 0 saturated heterocycles. The molecule has 0 aliphatic rings. The van der Waals surface area contributed by atoms with Crippen LogP contribution in [0, 0.1) is 0 Å². The van der Waals surface area contributed by atoms with Crippen molar-refractivity contribution >= 4 is 0 Å². The summed E-state index contributed by atoms with van der Waals surface area (Å²) in [6.07, 6.45) is 10.3. The van der Waals surface area contributed by atoms with Crippen molar-refractivity contribution in [3.05, 3.63) is 0 Å². The number of hydrogen-bond acceptors (Lipinski definition) is 2. The van der Waals surface area contributed by atoms with Crippen molar-refractivity contribution in [1.29, 1.82) is 0 Å². The third-order valence-corrected chi connectivity index (χ3v) is 3.07. The maximum Gasteiger partial charge on any atom is 0.0598 e. The minimum atomic E-state index is 0.0478. The quantitative estimate of drug-likeness (QED) is 0.414. The first-order chi connectivity index (χ1) is 10.1. The van der Waals surface area contributed by atoms with Crippen molar-refractivity contribution in [2.75, 3.05) is 13.2 Å². The highest BCUT2D eigenvalue weighted by Crippen LogP contribution is 2.09. The molecule has 0 spiro atoms. The Kier molecular flexibility index (Phi) is 15.9.